The molecule has 0 spiro atoms. The van der Waals surface area contributed by atoms with Gasteiger partial charge in [0.05, 0.1) is 12.7 Å². The minimum absolute atomic E-state index is 0.587. The molecule has 1 aliphatic rings. The van der Waals surface area contributed by atoms with Crippen LogP contribution in [0.2, 0.25) is 0 Å². The third kappa shape index (κ3) is 1.25. The highest BCUT2D eigenvalue weighted by atomic mass is 16.4. The van der Waals surface area contributed by atoms with Crippen molar-refractivity contribution < 1.29 is 20.4 Å². The fourth-order valence-corrected chi connectivity index (χ4v) is 2.44. The molecule has 0 aliphatic heterocycles. The topological polar surface area (TPSA) is 80.9 Å². The average Bonchev–Trinajstić information content (AvgIpc) is 2.30. The van der Waals surface area contributed by atoms with Gasteiger partial charge in [-0.15, -0.1) is 0 Å². The molecule has 0 radical (unpaired) electrons. The third-order valence-corrected chi connectivity index (χ3v) is 3.68. The number of hydrogen-bond acceptors (Lipinski definition) is 4. The van der Waals surface area contributed by atoms with Crippen LogP contribution in [0.25, 0.3) is 0 Å². The molecule has 4 atom stereocenters. The monoisotopic (exact) mass is 224 g/mol. The highest BCUT2D eigenvalue weighted by molar-refractivity contribution is 5.35. The first kappa shape index (κ1) is 11.5. The Morgan fingerprint density at radius 1 is 1.19 bits per heavy atom. The molecule has 4 N–H and O–H groups in total. The average molecular weight is 224 g/mol. The molecule has 2 unspecified atom stereocenters. The van der Waals surface area contributed by atoms with Crippen molar-refractivity contribution in [1.82, 2.24) is 0 Å². The molecule has 1 saturated carbocycles. The van der Waals surface area contributed by atoms with Crippen LogP contribution < -0.4 is 0 Å². The van der Waals surface area contributed by atoms with Gasteiger partial charge in [0.2, 0.25) is 0 Å². The van der Waals surface area contributed by atoms with Crippen LogP contribution in [0.15, 0.2) is 30.3 Å². The van der Waals surface area contributed by atoms with Crippen LogP contribution in [0.4, 0.5) is 0 Å². The quantitative estimate of drug-likeness (QED) is 0.552. The van der Waals surface area contributed by atoms with E-state index in [9.17, 15) is 20.4 Å². The molecule has 4 nitrogen and oxygen atoms in total. The van der Waals surface area contributed by atoms with Gasteiger partial charge in [0, 0.05) is 5.92 Å². The predicted molar refractivity (Wildman–Crippen MR) is 57.8 cm³/mol. The van der Waals surface area contributed by atoms with Crippen molar-refractivity contribution in [1.29, 1.82) is 0 Å². The van der Waals surface area contributed by atoms with E-state index in [0.29, 0.717) is 5.56 Å². The fraction of sp³-hybridized carbons (Fsp3) is 0.500. The van der Waals surface area contributed by atoms with E-state index in [2.05, 4.69) is 0 Å². The summed E-state index contributed by atoms with van der Waals surface area (Å²) in [5, 5.41) is 39.1. The fourth-order valence-electron chi connectivity index (χ4n) is 2.44. The Labute approximate surface area is 93.8 Å². The van der Waals surface area contributed by atoms with Crippen molar-refractivity contribution in [3.8, 4) is 0 Å². The zero-order valence-corrected chi connectivity index (χ0v) is 9.04. The molecule has 4 heteroatoms. The Balaban J connectivity index is 2.37. The van der Waals surface area contributed by atoms with E-state index >= 15 is 0 Å². The van der Waals surface area contributed by atoms with E-state index in [0.717, 1.165) is 0 Å². The van der Waals surface area contributed by atoms with Gasteiger partial charge in [0.1, 0.15) is 11.2 Å². The molecule has 2 rings (SSSR count). The molecule has 88 valence electrons. The Hall–Kier alpha value is -0.940. The van der Waals surface area contributed by atoms with Gasteiger partial charge < -0.3 is 20.4 Å². The van der Waals surface area contributed by atoms with Crippen molar-refractivity contribution in [2.24, 2.45) is 0 Å². The lowest BCUT2D eigenvalue weighted by Crippen LogP contribution is -2.77. The van der Waals surface area contributed by atoms with Crippen LogP contribution in [0.3, 0.4) is 0 Å². The summed E-state index contributed by atoms with van der Waals surface area (Å²) in [4.78, 5) is 0. The second-order valence-electron chi connectivity index (χ2n) is 4.56. The van der Waals surface area contributed by atoms with E-state index in [-0.39, 0.29) is 0 Å². The first-order valence-electron chi connectivity index (χ1n) is 5.24. The molecule has 0 aromatic heterocycles. The Morgan fingerprint density at radius 3 is 2.25 bits per heavy atom. The van der Waals surface area contributed by atoms with E-state index in [1.807, 2.05) is 6.07 Å². The molecule has 1 aromatic rings. The summed E-state index contributed by atoms with van der Waals surface area (Å²) in [5.41, 5.74) is -2.66. The van der Waals surface area contributed by atoms with Gasteiger partial charge in [-0.05, 0) is 12.5 Å². The second-order valence-corrected chi connectivity index (χ2v) is 4.56. The lowest BCUT2D eigenvalue weighted by atomic mass is 9.54. The summed E-state index contributed by atoms with van der Waals surface area (Å²) in [7, 11) is 0. The summed E-state index contributed by atoms with van der Waals surface area (Å²) in [5.74, 6) is -0.659. The first-order chi connectivity index (χ1) is 7.45. The minimum atomic E-state index is -1.69. The molecule has 0 saturated heterocycles. The van der Waals surface area contributed by atoms with Crippen molar-refractivity contribution >= 4 is 0 Å². The summed E-state index contributed by atoms with van der Waals surface area (Å²) in [6.07, 6.45) is -1.08. The normalized spacial score (nSPS) is 42.8. The van der Waals surface area contributed by atoms with Crippen LogP contribution in [-0.2, 0) is 0 Å². The number of rotatable bonds is 2. The molecule has 0 heterocycles. The van der Waals surface area contributed by atoms with Crippen molar-refractivity contribution in [3.63, 3.8) is 0 Å². The van der Waals surface area contributed by atoms with Crippen molar-refractivity contribution in [3.05, 3.63) is 35.9 Å². The summed E-state index contributed by atoms with van der Waals surface area (Å²) in [6.45, 7) is 0.740. The van der Waals surface area contributed by atoms with Crippen LogP contribution in [0.1, 0.15) is 18.4 Å². The molecule has 0 amide bonds. The smallest absolute Gasteiger partial charge is 0.128 e. The SMILES string of the molecule is C[C@@]1(O)C(O)C(c2ccccc2)[C@@]1(O)CO. The van der Waals surface area contributed by atoms with Crippen LogP contribution in [0, 0.1) is 0 Å². The Morgan fingerprint density at radius 2 is 1.75 bits per heavy atom. The lowest BCUT2D eigenvalue weighted by molar-refractivity contribution is -0.302. The molecular weight excluding hydrogens is 208 g/mol. The van der Waals surface area contributed by atoms with Crippen molar-refractivity contribution in [2.45, 2.75) is 30.1 Å². The Kier molecular flexibility index (Phi) is 2.55. The molecule has 1 aliphatic carbocycles. The maximum absolute atomic E-state index is 10.2. The van der Waals surface area contributed by atoms with E-state index < -0.39 is 29.8 Å². The predicted octanol–water partition coefficient (Wildman–Crippen LogP) is -0.381. The van der Waals surface area contributed by atoms with E-state index in [1.165, 1.54) is 6.92 Å². The van der Waals surface area contributed by atoms with Gasteiger partial charge in [0.25, 0.3) is 0 Å². The van der Waals surface area contributed by atoms with Gasteiger partial charge >= 0.3 is 0 Å². The molecule has 16 heavy (non-hydrogen) atoms. The summed E-state index contributed by atoms with van der Waals surface area (Å²) in [6, 6.07) is 8.90. The molecule has 1 aromatic carbocycles. The third-order valence-electron chi connectivity index (χ3n) is 3.68. The van der Waals surface area contributed by atoms with E-state index in [1.54, 1.807) is 24.3 Å². The summed E-state index contributed by atoms with van der Waals surface area (Å²) < 4.78 is 0. The highest BCUT2D eigenvalue weighted by Gasteiger charge is 2.68. The lowest BCUT2D eigenvalue weighted by Gasteiger charge is -2.59. The van der Waals surface area contributed by atoms with Gasteiger partial charge in [-0.3, -0.25) is 0 Å². The standard InChI is InChI=1S/C12H16O4/c1-11(15)10(14)9(12(11,16)7-13)8-5-3-2-4-6-8/h2-6,9-10,13-16H,7H2,1H3/t9?,10?,11-,12+/m1/s1. The zero-order chi connectivity index (χ0) is 12.0. The maximum Gasteiger partial charge on any atom is 0.128 e. The van der Waals surface area contributed by atoms with Crippen LogP contribution in [-0.4, -0.2) is 44.3 Å². The number of hydrogen-bond donors (Lipinski definition) is 4. The van der Waals surface area contributed by atoms with E-state index in [4.69, 9.17) is 0 Å². The zero-order valence-electron chi connectivity index (χ0n) is 9.04. The Bertz CT molecular complexity index is 376. The van der Waals surface area contributed by atoms with Crippen LogP contribution in [0.5, 0.6) is 0 Å². The maximum atomic E-state index is 10.2. The van der Waals surface area contributed by atoms with Crippen molar-refractivity contribution in [2.75, 3.05) is 6.61 Å². The van der Waals surface area contributed by atoms with Crippen LogP contribution >= 0.6 is 0 Å². The minimum Gasteiger partial charge on any atom is -0.393 e. The largest absolute Gasteiger partial charge is 0.393 e. The van der Waals surface area contributed by atoms with Gasteiger partial charge in [-0.25, -0.2) is 0 Å². The first-order valence-corrected chi connectivity index (χ1v) is 5.24. The second kappa shape index (κ2) is 3.53. The molecule has 1 fully saturated rings. The highest BCUT2D eigenvalue weighted by Crippen LogP contribution is 2.52. The van der Waals surface area contributed by atoms with Gasteiger partial charge in [-0.2, -0.15) is 0 Å². The number of aliphatic hydroxyl groups is 4. The molecular formula is C12H16O4. The number of benzene rings is 1. The summed E-state index contributed by atoms with van der Waals surface area (Å²) >= 11 is 0. The number of aliphatic hydroxyl groups excluding tert-OH is 2. The molecule has 0 bridgehead atoms. The van der Waals surface area contributed by atoms with Gasteiger partial charge in [-0.1, -0.05) is 30.3 Å². The van der Waals surface area contributed by atoms with Gasteiger partial charge in [0.15, 0.2) is 0 Å².